The molecular formula is C21H20F8N2OS. The molecular weight excluding hydrogens is 480 g/mol. The van der Waals surface area contributed by atoms with E-state index in [0.29, 0.717) is 24.3 Å². The van der Waals surface area contributed by atoms with Gasteiger partial charge in [-0.25, -0.2) is 0 Å². The van der Waals surface area contributed by atoms with Crippen molar-refractivity contribution in [1.82, 2.24) is 4.90 Å². The highest BCUT2D eigenvalue weighted by Crippen LogP contribution is 3.02. The maximum Gasteiger partial charge on any atom is 0.416 e. The first kappa shape index (κ1) is 24.9. The van der Waals surface area contributed by atoms with Gasteiger partial charge in [0.05, 0.1) is 5.56 Å². The fourth-order valence-electron chi connectivity index (χ4n) is 3.40. The molecule has 0 radical (unpaired) electrons. The summed E-state index contributed by atoms with van der Waals surface area (Å²) >= 11 is 0. The molecule has 0 N–H and O–H groups in total. The van der Waals surface area contributed by atoms with Crippen LogP contribution in [0, 0.1) is 6.92 Å². The third-order valence-electron chi connectivity index (χ3n) is 5.21. The lowest BCUT2D eigenvalue weighted by molar-refractivity contribution is -0.137. The standard InChI is InChI=1S/C21H20F8N2OS/c1-15-2-6-17(21(22,23)24)14-19(15)30-10-12-31(13-11-30)20(32)9-5-16-3-7-18(8-4-16)33(25,26,27,28)29/h2-9,14H,10-13H2,1H3/b9-5-. The Morgan fingerprint density at radius 3 is 2.00 bits per heavy atom. The van der Waals surface area contributed by atoms with Gasteiger partial charge in [-0.1, -0.05) is 37.6 Å². The summed E-state index contributed by atoms with van der Waals surface area (Å²) < 4.78 is 103. The molecule has 0 aromatic heterocycles. The van der Waals surface area contributed by atoms with Crippen LogP contribution in [0.5, 0.6) is 0 Å². The van der Waals surface area contributed by atoms with Gasteiger partial charge in [0, 0.05) is 37.9 Å². The first-order valence-corrected chi connectivity index (χ1v) is 11.6. The minimum Gasteiger partial charge on any atom is -0.368 e. The van der Waals surface area contributed by atoms with Crippen LogP contribution in [0.1, 0.15) is 16.7 Å². The second-order valence-electron chi connectivity index (χ2n) is 7.68. The van der Waals surface area contributed by atoms with E-state index in [1.54, 1.807) is 11.8 Å². The molecule has 2 aromatic carbocycles. The van der Waals surface area contributed by atoms with Crippen LogP contribution >= 0.6 is 10.2 Å². The number of benzene rings is 2. The van der Waals surface area contributed by atoms with Crippen molar-refractivity contribution in [3.63, 3.8) is 0 Å². The molecule has 0 unspecified atom stereocenters. The molecule has 182 valence electrons. The number of halogens is 8. The van der Waals surface area contributed by atoms with Crippen molar-refractivity contribution in [2.45, 2.75) is 18.0 Å². The molecule has 3 nitrogen and oxygen atoms in total. The summed E-state index contributed by atoms with van der Waals surface area (Å²) in [4.78, 5) is 13.5. The highest BCUT2D eigenvalue weighted by molar-refractivity contribution is 8.45. The van der Waals surface area contributed by atoms with Crippen molar-refractivity contribution >= 4 is 27.9 Å². The van der Waals surface area contributed by atoms with Gasteiger partial charge in [-0.2, -0.15) is 13.2 Å². The third kappa shape index (κ3) is 6.18. The highest BCUT2D eigenvalue weighted by Gasteiger charge is 2.65. The summed E-state index contributed by atoms with van der Waals surface area (Å²) in [6, 6.07) is 5.68. The number of amides is 1. The summed E-state index contributed by atoms with van der Waals surface area (Å²) in [6.07, 6.45) is -2.15. The first-order chi connectivity index (χ1) is 14.9. The fraction of sp³-hybridized carbons (Fsp3) is 0.286. The van der Waals surface area contributed by atoms with Gasteiger partial charge in [-0.15, -0.1) is 0 Å². The van der Waals surface area contributed by atoms with Crippen LogP contribution in [0.3, 0.4) is 0 Å². The van der Waals surface area contributed by atoms with E-state index >= 15 is 0 Å². The van der Waals surface area contributed by atoms with Crippen molar-refractivity contribution < 1.29 is 37.4 Å². The maximum atomic E-state index is 13.0. The zero-order valence-corrected chi connectivity index (χ0v) is 18.1. The van der Waals surface area contributed by atoms with E-state index in [9.17, 15) is 37.4 Å². The number of anilines is 1. The van der Waals surface area contributed by atoms with E-state index in [4.69, 9.17) is 0 Å². The molecule has 1 aliphatic heterocycles. The Hall–Kier alpha value is -2.76. The van der Waals surface area contributed by atoms with E-state index in [0.717, 1.165) is 30.3 Å². The maximum absolute atomic E-state index is 13.0. The van der Waals surface area contributed by atoms with Gasteiger partial charge in [0.25, 0.3) is 0 Å². The van der Waals surface area contributed by atoms with Gasteiger partial charge in [-0.05, 0) is 48.4 Å². The molecule has 1 fully saturated rings. The van der Waals surface area contributed by atoms with Crippen molar-refractivity contribution in [1.29, 1.82) is 0 Å². The smallest absolute Gasteiger partial charge is 0.368 e. The molecule has 1 aliphatic rings. The van der Waals surface area contributed by atoms with Gasteiger partial charge in [0.2, 0.25) is 5.91 Å². The van der Waals surface area contributed by atoms with Crippen molar-refractivity contribution in [3.05, 3.63) is 65.2 Å². The van der Waals surface area contributed by atoms with Crippen LogP contribution in [0.2, 0.25) is 0 Å². The second-order valence-corrected chi connectivity index (χ2v) is 10.1. The predicted octanol–water partition coefficient (Wildman–Crippen LogP) is 7.03. The van der Waals surface area contributed by atoms with Crippen molar-refractivity contribution in [2.75, 3.05) is 31.1 Å². The summed E-state index contributed by atoms with van der Waals surface area (Å²) in [6.45, 7) is 2.72. The van der Waals surface area contributed by atoms with Crippen LogP contribution < -0.4 is 4.90 Å². The Balaban J connectivity index is 1.63. The number of hydrogen-bond donors (Lipinski definition) is 0. The van der Waals surface area contributed by atoms with Gasteiger partial charge < -0.3 is 9.80 Å². The Kier molecular flexibility index (Phi) is 5.76. The molecule has 0 aliphatic carbocycles. The molecule has 1 amide bonds. The number of aryl methyl sites for hydroxylation is 1. The number of rotatable bonds is 4. The Labute approximate surface area is 185 Å². The number of piperazine rings is 1. The van der Waals surface area contributed by atoms with Crippen LogP contribution in [0.4, 0.5) is 38.3 Å². The van der Waals surface area contributed by atoms with E-state index in [1.807, 2.05) is 0 Å². The largest absolute Gasteiger partial charge is 0.416 e. The topological polar surface area (TPSA) is 23.6 Å². The molecule has 0 bridgehead atoms. The number of hydrogen-bond acceptors (Lipinski definition) is 2. The Morgan fingerprint density at radius 1 is 0.909 bits per heavy atom. The van der Waals surface area contributed by atoms with E-state index < -0.39 is 32.8 Å². The van der Waals surface area contributed by atoms with E-state index in [1.165, 1.54) is 17.0 Å². The van der Waals surface area contributed by atoms with E-state index in [2.05, 4.69) is 0 Å². The average Bonchev–Trinajstić information content (AvgIpc) is 2.70. The molecule has 12 heteroatoms. The minimum atomic E-state index is -9.76. The second kappa shape index (κ2) is 7.64. The molecule has 1 heterocycles. The molecule has 3 rings (SSSR count). The Bertz CT molecular complexity index is 1070. The number of carbonyl (C=O) groups excluding carboxylic acids is 1. The molecule has 0 saturated carbocycles. The van der Waals surface area contributed by atoms with Gasteiger partial charge in [-0.3, -0.25) is 4.79 Å². The molecule has 33 heavy (non-hydrogen) atoms. The number of alkyl halides is 3. The lowest BCUT2D eigenvalue weighted by Crippen LogP contribution is -2.48. The number of carbonyl (C=O) groups is 1. The monoisotopic (exact) mass is 500 g/mol. The fourth-order valence-corrected chi connectivity index (χ4v) is 4.05. The highest BCUT2D eigenvalue weighted by atomic mass is 32.5. The lowest BCUT2D eigenvalue weighted by Gasteiger charge is -2.40. The zero-order chi connectivity index (χ0) is 24.7. The number of nitrogens with zero attached hydrogens (tertiary/aromatic N) is 2. The molecule has 2 aromatic rings. The van der Waals surface area contributed by atoms with Crippen LogP contribution in [0.25, 0.3) is 6.08 Å². The summed E-state index contributed by atoms with van der Waals surface area (Å²) in [5, 5.41) is 0. The quantitative estimate of drug-likeness (QED) is 0.332. The Morgan fingerprint density at radius 2 is 1.48 bits per heavy atom. The minimum absolute atomic E-state index is 0.132. The van der Waals surface area contributed by atoms with Crippen LogP contribution in [-0.4, -0.2) is 37.0 Å². The van der Waals surface area contributed by atoms with Crippen LogP contribution in [-0.2, 0) is 11.0 Å². The SMILES string of the molecule is Cc1ccc(C(F)(F)F)cc1N1CCN(C(=O)/C=C\c2ccc(S(F)(F)(F)(F)F)cc2)CC1. The molecule has 0 atom stereocenters. The predicted molar refractivity (Wildman–Crippen MR) is 112 cm³/mol. The zero-order valence-electron chi connectivity index (χ0n) is 17.3. The van der Waals surface area contributed by atoms with Crippen LogP contribution in [0.15, 0.2) is 53.4 Å². The molecule has 0 spiro atoms. The summed E-state index contributed by atoms with van der Waals surface area (Å²) in [5.74, 6) is -0.452. The van der Waals surface area contributed by atoms with E-state index in [-0.39, 0.29) is 30.8 Å². The summed E-state index contributed by atoms with van der Waals surface area (Å²) in [7, 11) is -9.76. The van der Waals surface area contributed by atoms with Gasteiger partial charge in [0.1, 0.15) is 4.90 Å². The lowest BCUT2D eigenvalue weighted by atomic mass is 10.1. The normalized spacial score (nSPS) is 17.7. The van der Waals surface area contributed by atoms with Crippen molar-refractivity contribution in [3.8, 4) is 0 Å². The average molecular weight is 500 g/mol. The first-order valence-electron chi connectivity index (χ1n) is 9.68. The molecule has 1 saturated heterocycles. The van der Waals surface area contributed by atoms with Gasteiger partial charge in [0.15, 0.2) is 0 Å². The summed E-state index contributed by atoms with van der Waals surface area (Å²) in [5.41, 5.74) is 0.460. The van der Waals surface area contributed by atoms with Gasteiger partial charge >= 0.3 is 16.4 Å². The third-order valence-corrected chi connectivity index (χ3v) is 6.38. The van der Waals surface area contributed by atoms with Crippen molar-refractivity contribution in [2.24, 2.45) is 0 Å².